The topological polar surface area (TPSA) is 51.2 Å². The summed E-state index contributed by atoms with van der Waals surface area (Å²) in [6, 6.07) is 2.05. The molecule has 3 N–H and O–H groups in total. The Morgan fingerprint density at radius 1 is 1.53 bits per heavy atom. The average Bonchev–Trinajstić information content (AvgIpc) is 2.85. The van der Waals surface area contributed by atoms with Crippen LogP contribution in [0, 0.1) is 5.92 Å². The summed E-state index contributed by atoms with van der Waals surface area (Å²) in [5, 5.41) is 0. The quantitative estimate of drug-likeness (QED) is 0.654. The number of hydrogen-bond acceptors (Lipinski definition) is 3. The molecule has 1 unspecified atom stereocenters. The van der Waals surface area contributed by atoms with Crippen molar-refractivity contribution >= 4 is 15.9 Å². The van der Waals surface area contributed by atoms with Crippen LogP contribution in [0.15, 0.2) is 21.2 Å². The molecule has 1 aromatic rings. The number of halogens is 1. The summed E-state index contributed by atoms with van der Waals surface area (Å²) in [7, 11) is 0. The highest BCUT2D eigenvalue weighted by atomic mass is 79.9. The Morgan fingerprint density at radius 3 is 2.80 bits per heavy atom. The van der Waals surface area contributed by atoms with Crippen molar-refractivity contribution in [2.75, 3.05) is 0 Å². The van der Waals surface area contributed by atoms with E-state index >= 15 is 0 Å². The van der Waals surface area contributed by atoms with Gasteiger partial charge in [0.05, 0.1) is 16.8 Å². The molecule has 0 amide bonds. The molecule has 1 saturated carbocycles. The van der Waals surface area contributed by atoms with Crippen LogP contribution in [0.5, 0.6) is 0 Å². The fraction of sp³-hybridized carbons (Fsp3) is 0.636. The first-order valence-corrected chi connectivity index (χ1v) is 6.29. The molecule has 1 atom stereocenters. The van der Waals surface area contributed by atoms with Crippen LogP contribution < -0.4 is 11.3 Å². The van der Waals surface area contributed by atoms with Crippen LogP contribution in [-0.4, -0.2) is 0 Å². The zero-order chi connectivity index (χ0) is 10.7. The Morgan fingerprint density at radius 2 is 2.27 bits per heavy atom. The maximum Gasteiger partial charge on any atom is 0.136 e. The van der Waals surface area contributed by atoms with Crippen molar-refractivity contribution in [3.8, 4) is 0 Å². The molecule has 1 aromatic heterocycles. The Kier molecular flexibility index (Phi) is 3.83. The maximum absolute atomic E-state index is 5.58. The number of hydrogen-bond donors (Lipinski definition) is 2. The summed E-state index contributed by atoms with van der Waals surface area (Å²) in [6.07, 6.45) is 8.15. The molecule has 1 aliphatic carbocycles. The zero-order valence-corrected chi connectivity index (χ0v) is 10.3. The monoisotopic (exact) mass is 272 g/mol. The number of nitrogens with two attached hydrogens (primary N) is 1. The summed E-state index contributed by atoms with van der Waals surface area (Å²) in [6.45, 7) is 0. The lowest BCUT2D eigenvalue weighted by Gasteiger charge is -2.18. The number of rotatable bonds is 4. The molecule has 0 radical (unpaired) electrons. The van der Waals surface area contributed by atoms with Gasteiger partial charge in [-0.2, -0.15) is 0 Å². The van der Waals surface area contributed by atoms with E-state index in [-0.39, 0.29) is 6.04 Å². The first-order chi connectivity index (χ1) is 7.31. The van der Waals surface area contributed by atoms with E-state index < -0.39 is 0 Å². The van der Waals surface area contributed by atoms with Crippen LogP contribution in [0.4, 0.5) is 0 Å². The molecule has 15 heavy (non-hydrogen) atoms. The highest BCUT2D eigenvalue weighted by Gasteiger charge is 2.23. The minimum absolute atomic E-state index is 0.137. The number of nitrogens with one attached hydrogen (secondary N) is 1. The van der Waals surface area contributed by atoms with Gasteiger partial charge in [0.1, 0.15) is 5.76 Å². The van der Waals surface area contributed by atoms with Gasteiger partial charge in [0.2, 0.25) is 0 Å². The molecule has 2 rings (SSSR count). The van der Waals surface area contributed by atoms with Crippen molar-refractivity contribution in [3.05, 3.63) is 22.6 Å². The third-order valence-electron chi connectivity index (χ3n) is 3.21. The summed E-state index contributed by atoms with van der Waals surface area (Å²) in [5.74, 6) is 7.30. The number of hydrazine groups is 1. The van der Waals surface area contributed by atoms with Gasteiger partial charge in [0.15, 0.2) is 0 Å². The van der Waals surface area contributed by atoms with Crippen molar-refractivity contribution in [2.45, 2.75) is 38.1 Å². The molecule has 0 aliphatic heterocycles. The summed E-state index contributed by atoms with van der Waals surface area (Å²) >= 11 is 3.47. The third kappa shape index (κ3) is 2.62. The molecule has 84 valence electrons. The molecule has 3 nitrogen and oxygen atoms in total. The fourth-order valence-electron chi connectivity index (χ4n) is 2.38. The second-order valence-corrected chi connectivity index (χ2v) is 5.09. The Balaban J connectivity index is 2.00. The zero-order valence-electron chi connectivity index (χ0n) is 8.71. The van der Waals surface area contributed by atoms with Crippen molar-refractivity contribution in [1.29, 1.82) is 0 Å². The molecular weight excluding hydrogens is 256 g/mol. The Hall–Kier alpha value is -0.320. The molecule has 0 aromatic carbocycles. The first-order valence-electron chi connectivity index (χ1n) is 5.50. The smallest absolute Gasteiger partial charge is 0.136 e. The van der Waals surface area contributed by atoms with E-state index in [0.717, 1.165) is 22.6 Å². The van der Waals surface area contributed by atoms with Crippen LogP contribution in [0.25, 0.3) is 0 Å². The van der Waals surface area contributed by atoms with Crippen LogP contribution in [0.2, 0.25) is 0 Å². The van der Waals surface area contributed by atoms with Crippen molar-refractivity contribution in [3.63, 3.8) is 0 Å². The molecule has 0 bridgehead atoms. The SMILES string of the molecule is NNC(CC1CCCC1)c1occc1Br. The van der Waals surface area contributed by atoms with Crippen molar-refractivity contribution < 1.29 is 4.42 Å². The third-order valence-corrected chi connectivity index (χ3v) is 3.86. The van der Waals surface area contributed by atoms with E-state index in [1.54, 1.807) is 6.26 Å². The normalized spacial score (nSPS) is 19.6. The summed E-state index contributed by atoms with van der Waals surface area (Å²) in [5.41, 5.74) is 2.85. The van der Waals surface area contributed by atoms with Crippen molar-refractivity contribution in [1.82, 2.24) is 5.43 Å². The van der Waals surface area contributed by atoms with Gasteiger partial charge in [-0.05, 0) is 34.3 Å². The fourth-order valence-corrected chi connectivity index (χ4v) is 2.86. The highest BCUT2D eigenvalue weighted by Crippen LogP contribution is 2.35. The second kappa shape index (κ2) is 5.14. The largest absolute Gasteiger partial charge is 0.466 e. The van der Waals surface area contributed by atoms with Gasteiger partial charge in [-0.1, -0.05) is 25.7 Å². The van der Waals surface area contributed by atoms with E-state index in [2.05, 4.69) is 21.4 Å². The van der Waals surface area contributed by atoms with E-state index in [0.29, 0.717) is 0 Å². The summed E-state index contributed by atoms with van der Waals surface area (Å²) in [4.78, 5) is 0. The second-order valence-electron chi connectivity index (χ2n) is 4.24. The molecule has 1 fully saturated rings. The summed E-state index contributed by atoms with van der Waals surface area (Å²) < 4.78 is 6.44. The van der Waals surface area contributed by atoms with Crippen LogP contribution in [-0.2, 0) is 0 Å². The lowest BCUT2D eigenvalue weighted by molar-refractivity contribution is 0.344. The predicted molar refractivity (Wildman–Crippen MR) is 63.0 cm³/mol. The van der Waals surface area contributed by atoms with Gasteiger partial charge in [-0.15, -0.1) is 0 Å². The molecule has 4 heteroatoms. The molecular formula is C11H17BrN2O. The van der Waals surface area contributed by atoms with Gasteiger partial charge in [-0.3, -0.25) is 5.84 Å². The standard InChI is InChI=1S/C11H17BrN2O/c12-9-5-6-15-11(9)10(14-13)7-8-3-1-2-4-8/h5-6,8,10,14H,1-4,7,13H2. The molecule has 1 heterocycles. The number of furan rings is 1. The van der Waals surface area contributed by atoms with Crippen LogP contribution >= 0.6 is 15.9 Å². The van der Waals surface area contributed by atoms with Crippen molar-refractivity contribution in [2.24, 2.45) is 11.8 Å². The van der Waals surface area contributed by atoms with Gasteiger partial charge < -0.3 is 4.42 Å². The Labute approximate surface area is 98.5 Å². The lowest BCUT2D eigenvalue weighted by Crippen LogP contribution is -2.29. The van der Waals surface area contributed by atoms with E-state index in [1.165, 1.54) is 25.7 Å². The maximum atomic E-state index is 5.58. The lowest BCUT2D eigenvalue weighted by atomic mass is 9.97. The minimum Gasteiger partial charge on any atom is -0.466 e. The molecule has 0 spiro atoms. The van der Waals surface area contributed by atoms with Crippen LogP contribution in [0.1, 0.15) is 43.9 Å². The highest BCUT2D eigenvalue weighted by molar-refractivity contribution is 9.10. The first kappa shape index (κ1) is 11.2. The van der Waals surface area contributed by atoms with E-state index in [9.17, 15) is 0 Å². The van der Waals surface area contributed by atoms with E-state index in [4.69, 9.17) is 10.3 Å². The minimum atomic E-state index is 0.137. The molecule has 1 aliphatic rings. The van der Waals surface area contributed by atoms with Gasteiger partial charge >= 0.3 is 0 Å². The van der Waals surface area contributed by atoms with Crippen LogP contribution in [0.3, 0.4) is 0 Å². The molecule has 0 saturated heterocycles. The average molecular weight is 273 g/mol. The van der Waals surface area contributed by atoms with Gasteiger partial charge in [0, 0.05) is 0 Å². The predicted octanol–water partition coefficient (Wildman–Crippen LogP) is 3.13. The Bertz CT molecular complexity index is 307. The van der Waals surface area contributed by atoms with Gasteiger partial charge in [-0.25, -0.2) is 5.43 Å². The van der Waals surface area contributed by atoms with Gasteiger partial charge in [0.25, 0.3) is 0 Å². The van der Waals surface area contributed by atoms with E-state index in [1.807, 2.05) is 6.07 Å².